The van der Waals surface area contributed by atoms with Crippen molar-refractivity contribution in [3.63, 3.8) is 0 Å². The SMILES string of the molecule is Cc1ccsc1C(=O)Nc1ccc(N2CCN(C)CC2)nc1. The van der Waals surface area contributed by atoms with E-state index in [9.17, 15) is 4.79 Å². The zero-order valence-electron chi connectivity index (χ0n) is 12.9. The van der Waals surface area contributed by atoms with Gasteiger partial charge in [0, 0.05) is 26.2 Å². The van der Waals surface area contributed by atoms with Crippen LogP contribution < -0.4 is 10.2 Å². The summed E-state index contributed by atoms with van der Waals surface area (Å²) in [5, 5.41) is 4.83. The molecule has 0 aromatic carbocycles. The third kappa shape index (κ3) is 3.28. The van der Waals surface area contributed by atoms with Gasteiger partial charge in [0.1, 0.15) is 5.82 Å². The van der Waals surface area contributed by atoms with E-state index >= 15 is 0 Å². The highest BCUT2D eigenvalue weighted by atomic mass is 32.1. The standard InChI is InChI=1S/C16H20N4OS/c1-12-5-10-22-15(12)16(21)18-13-3-4-14(17-11-13)20-8-6-19(2)7-9-20/h3-5,10-11H,6-9H2,1-2H3,(H,18,21). The van der Waals surface area contributed by atoms with Gasteiger partial charge in [0.15, 0.2) is 0 Å². The molecule has 1 amide bonds. The van der Waals surface area contributed by atoms with Crippen molar-refractivity contribution < 1.29 is 4.79 Å². The summed E-state index contributed by atoms with van der Waals surface area (Å²) in [5.74, 6) is 0.903. The van der Waals surface area contributed by atoms with Crippen LogP contribution >= 0.6 is 11.3 Å². The molecule has 1 fully saturated rings. The third-order valence-corrected chi connectivity index (χ3v) is 4.92. The molecule has 2 aromatic heterocycles. The van der Waals surface area contributed by atoms with Gasteiger partial charge in [-0.2, -0.15) is 0 Å². The molecule has 1 aliphatic rings. The first-order valence-corrected chi connectivity index (χ1v) is 8.26. The summed E-state index contributed by atoms with van der Waals surface area (Å²) in [6.07, 6.45) is 1.73. The van der Waals surface area contributed by atoms with E-state index in [0.717, 1.165) is 48.1 Å². The van der Waals surface area contributed by atoms with Crippen LogP contribution in [-0.2, 0) is 0 Å². The molecule has 3 heterocycles. The number of hydrogen-bond acceptors (Lipinski definition) is 5. The number of likely N-dealkylation sites (N-methyl/N-ethyl adjacent to an activating group) is 1. The first-order chi connectivity index (χ1) is 10.6. The van der Waals surface area contributed by atoms with Crippen molar-refractivity contribution in [3.05, 3.63) is 40.2 Å². The Morgan fingerprint density at radius 3 is 2.59 bits per heavy atom. The Labute approximate surface area is 134 Å². The Hall–Kier alpha value is -1.92. The lowest BCUT2D eigenvalue weighted by molar-refractivity contribution is 0.103. The van der Waals surface area contributed by atoms with Crippen LogP contribution in [0.5, 0.6) is 0 Å². The van der Waals surface area contributed by atoms with Gasteiger partial charge in [-0.1, -0.05) is 0 Å². The van der Waals surface area contributed by atoms with Crippen LogP contribution in [0.15, 0.2) is 29.8 Å². The van der Waals surface area contributed by atoms with E-state index < -0.39 is 0 Å². The summed E-state index contributed by atoms with van der Waals surface area (Å²) in [5.41, 5.74) is 1.74. The van der Waals surface area contributed by atoms with E-state index in [4.69, 9.17) is 0 Å². The molecule has 1 aliphatic heterocycles. The molecule has 0 atom stereocenters. The van der Waals surface area contributed by atoms with E-state index in [1.807, 2.05) is 30.5 Å². The maximum atomic E-state index is 12.2. The number of carbonyl (C=O) groups excluding carboxylic acids is 1. The Morgan fingerprint density at radius 2 is 2.00 bits per heavy atom. The molecular formula is C16H20N4OS. The van der Waals surface area contributed by atoms with Crippen LogP contribution in [0.4, 0.5) is 11.5 Å². The number of carbonyl (C=O) groups is 1. The van der Waals surface area contributed by atoms with Gasteiger partial charge in [-0.3, -0.25) is 4.79 Å². The lowest BCUT2D eigenvalue weighted by Gasteiger charge is -2.33. The predicted octanol–water partition coefficient (Wildman–Crippen LogP) is 2.46. The van der Waals surface area contributed by atoms with Crippen molar-refractivity contribution in [2.45, 2.75) is 6.92 Å². The van der Waals surface area contributed by atoms with Crippen molar-refractivity contribution in [1.29, 1.82) is 0 Å². The average molecular weight is 316 g/mol. The molecule has 0 spiro atoms. The molecule has 5 nitrogen and oxygen atoms in total. The van der Waals surface area contributed by atoms with Crippen LogP contribution in [0, 0.1) is 6.92 Å². The Balaban J connectivity index is 1.64. The number of thiophene rings is 1. The Kier molecular flexibility index (Phi) is 4.40. The molecule has 3 rings (SSSR count). The van der Waals surface area contributed by atoms with Crippen LogP contribution in [0.25, 0.3) is 0 Å². The van der Waals surface area contributed by atoms with E-state index in [1.54, 1.807) is 6.20 Å². The fourth-order valence-electron chi connectivity index (χ4n) is 2.48. The van der Waals surface area contributed by atoms with Crippen LogP contribution in [-0.4, -0.2) is 49.0 Å². The number of hydrogen-bond donors (Lipinski definition) is 1. The highest BCUT2D eigenvalue weighted by Gasteiger charge is 2.15. The van der Waals surface area contributed by atoms with Gasteiger partial charge >= 0.3 is 0 Å². The second kappa shape index (κ2) is 6.46. The van der Waals surface area contributed by atoms with Crippen molar-refractivity contribution in [2.75, 3.05) is 43.4 Å². The molecule has 2 aromatic rings. The number of amides is 1. The molecular weight excluding hydrogens is 296 g/mol. The smallest absolute Gasteiger partial charge is 0.266 e. The molecule has 6 heteroatoms. The molecule has 0 bridgehead atoms. The molecule has 1 saturated heterocycles. The van der Waals surface area contributed by atoms with Gasteiger partial charge < -0.3 is 15.1 Å². The summed E-state index contributed by atoms with van der Waals surface area (Å²) >= 11 is 1.46. The van der Waals surface area contributed by atoms with Gasteiger partial charge in [0.05, 0.1) is 16.8 Å². The summed E-state index contributed by atoms with van der Waals surface area (Å²) in [7, 11) is 2.13. The topological polar surface area (TPSA) is 48.5 Å². The lowest BCUT2D eigenvalue weighted by Crippen LogP contribution is -2.44. The van der Waals surface area contributed by atoms with E-state index in [0.29, 0.717) is 0 Å². The first-order valence-electron chi connectivity index (χ1n) is 7.38. The number of aromatic nitrogens is 1. The minimum atomic E-state index is -0.0679. The van der Waals surface area contributed by atoms with E-state index in [-0.39, 0.29) is 5.91 Å². The maximum absolute atomic E-state index is 12.2. The van der Waals surface area contributed by atoms with Gasteiger partial charge in [-0.05, 0) is 43.1 Å². The number of nitrogens with zero attached hydrogens (tertiary/aromatic N) is 3. The summed E-state index contributed by atoms with van der Waals surface area (Å²) in [6.45, 7) is 6.03. The summed E-state index contributed by atoms with van der Waals surface area (Å²) < 4.78 is 0. The number of rotatable bonds is 3. The van der Waals surface area contributed by atoms with Gasteiger partial charge in [-0.15, -0.1) is 11.3 Å². The number of pyridine rings is 1. The monoisotopic (exact) mass is 316 g/mol. The minimum Gasteiger partial charge on any atom is -0.354 e. The normalized spacial score (nSPS) is 15.8. The van der Waals surface area contributed by atoms with Gasteiger partial charge in [0.2, 0.25) is 0 Å². The van der Waals surface area contributed by atoms with Gasteiger partial charge in [0.25, 0.3) is 5.91 Å². The van der Waals surface area contributed by atoms with Gasteiger partial charge in [-0.25, -0.2) is 4.98 Å². The third-order valence-electron chi connectivity index (χ3n) is 3.90. The van der Waals surface area contributed by atoms with Crippen LogP contribution in [0.3, 0.4) is 0 Å². The minimum absolute atomic E-state index is 0.0679. The molecule has 116 valence electrons. The number of aryl methyl sites for hydroxylation is 1. The summed E-state index contributed by atoms with van der Waals surface area (Å²) in [6, 6.07) is 5.85. The Morgan fingerprint density at radius 1 is 1.23 bits per heavy atom. The van der Waals surface area contributed by atoms with E-state index in [2.05, 4.69) is 27.1 Å². The van der Waals surface area contributed by atoms with E-state index in [1.165, 1.54) is 11.3 Å². The Bertz CT molecular complexity index is 644. The highest BCUT2D eigenvalue weighted by molar-refractivity contribution is 7.12. The fourth-order valence-corrected chi connectivity index (χ4v) is 3.30. The molecule has 0 saturated carbocycles. The molecule has 0 radical (unpaired) electrons. The van der Waals surface area contributed by atoms with Crippen molar-refractivity contribution in [2.24, 2.45) is 0 Å². The fraction of sp³-hybridized carbons (Fsp3) is 0.375. The average Bonchev–Trinajstić information content (AvgIpc) is 2.95. The molecule has 0 unspecified atom stereocenters. The highest BCUT2D eigenvalue weighted by Crippen LogP contribution is 2.19. The van der Waals surface area contributed by atoms with Crippen LogP contribution in [0.2, 0.25) is 0 Å². The maximum Gasteiger partial charge on any atom is 0.266 e. The molecule has 0 aliphatic carbocycles. The molecule has 1 N–H and O–H groups in total. The van der Waals surface area contributed by atoms with Crippen molar-refractivity contribution in [1.82, 2.24) is 9.88 Å². The second-order valence-corrected chi connectivity index (χ2v) is 6.50. The number of piperazine rings is 1. The summed E-state index contributed by atoms with van der Waals surface area (Å²) in [4.78, 5) is 22.0. The lowest BCUT2D eigenvalue weighted by atomic mass is 10.2. The largest absolute Gasteiger partial charge is 0.354 e. The van der Waals surface area contributed by atoms with Crippen molar-refractivity contribution >= 4 is 28.7 Å². The number of nitrogens with one attached hydrogen (secondary N) is 1. The number of anilines is 2. The molecule has 22 heavy (non-hydrogen) atoms. The first kappa shape index (κ1) is 15.0. The quantitative estimate of drug-likeness (QED) is 0.945. The second-order valence-electron chi connectivity index (χ2n) is 5.58. The van der Waals surface area contributed by atoms with Crippen LogP contribution in [0.1, 0.15) is 15.2 Å². The zero-order valence-corrected chi connectivity index (χ0v) is 13.7. The zero-order chi connectivity index (χ0) is 15.5. The van der Waals surface area contributed by atoms with Crippen molar-refractivity contribution in [3.8, 4) is 0 Å². The predicted molar refractivity (Wildman–Crippen MR) is 91.0 cm³/mol.